The Kier molecular flexibility index (Phi) is 5.18. The van der Waals surface area contributed by atoms with Gasteiger partial charge in [-0.1, -0.05) is 35.5 Å². The van der Waals surface area contributed by atoms with E-state index in [0.29, 0.717) is 16.9 Å². The Morgan fingerprint density at radius 1 is 1.08 bits per heavy atom. The van der Waals surface area contributed by atoms with Crippen molar-refractivity contribution in [1.29, 1.82) is 0 Å². The predicted molar refractivity (Wildman–Crippen MR) is 96.2 cm³/mol. The highest BCUT2D eigenvalue weighted by molar-refractivity contribution is 7.90. The predicted octanol–water partition coefficient (Wildman–Crippen LogP) is 2.89. The Balaban J connectivity index is 1.63. The van der Waals surface area contributed by atoms with Gasteiger partial charge in [-0.2, -0.15) is 0 Å². The number of amides is 1. The summed E-state index contributed by atoms with van der Waals surface area (Å²) in [5.41, 5.74) is 1.82. The summed E-state index contributed by atoms with van der Waals surface area (Å²) in [6, 6.07) is 16.6. The molecular formula is C19H18N2O4S. The molecule has 0 fully saturated rings. The topological polar surface area (TPSA) is 89.3 Å². The highest BCUT2D eigenvalue weighted by Crippen LogP contribution is 2.16. The van der Waals surface area contributed by atoms with Crippen LogP contribution in [0.15, 0.2) is 70.1 Å². The molecule has 0 aliphatic rings. The quantitative estimate of drug-likeness (QED) is 0.721. The van der Waals surface area contributed by atoms with Crippen molar-refractivity contribution in [3.63, 3.8) is 0 Å². The molecule has 3 rings (SSSR count). The van der Waals surface area contributed by atoms with E-state index in [-0.39, 0.29) is 23.1 Å². The van der Waals surface area contributed by atoms with Gasteiger partial charge in [-0.25, -0.2) is 8.42 Å². The molecule has 0 saturated heterocycles. The van der Waals surface area contributed by atoms with Gasteiger partial charge in [-0.05, 0) is 36.8 Å². The monoisotopic (exact) mass is 370 g/mol. The lowest BCUT2D eigenvalue weighted by Crippen LogP contribution is -2.22. The van der Waals surface area contributed by atoms with E-state index in [1.165, 1.54) is 0 Å². The zero-order chi connectivity index (χ0) is 18.6. The van der Waals surface area contributed by atoms with Crippen molar-refractivity contribution in [3.05, 3.63) is 83.2 Å². The van der Waals surface area contributed by atoms with Gasteiger partial charge in [-0.3, -0.25) is 4.79 Å². The van der Waals surface area contributed by atoms with Crippen molar-refractivity contribution in [3.8, 4) is 0 Å². The summed E-state index contributed by atoms with van der Waals surface area (Å²) in [5, 5.41) is 6.49. The standard InChI is InChI=1S/C19H18N2O4S/c1-14-11-17(25-21-14)12-20-19(22)16-9-7-15(8-10-16)13-26(23,24)18-5-3-2-4-6-18/h2-11H,12-13H2,1H3,(H,20,22). The lowest BCUT2D eigenvalue weighted by atomic mass is 10.1. The zero-order valence-electron chi connectivity index (χ0n) is 14.2. The van der Waals surface area contributed by atoms with Crippen LogP contribution in [-0.2, 0) is 22.1 Å². The van der Waals surface area contributed by atoms with Crippen LogP contribution in [0.2, 0.25) is 0 Å². The molecular weight excluding hydrogens is 352 g/mol. The molecule has 2 aromatic carbocycles. The maximum Gasteiger partial charge on any atom is 0.251 e. The van der Waals surface area contributed by atoms with Crippen LogP contribution in [0, 0.1) is 6.92 Å². The van der Waals surface area contributed by atoms with E-state index in [1.807, 2.05) is 0 Å². The van der Waals surface area contributed by atoms with Crippen molar-refractivity contribution in [2.45, 2.75) is 24.1 Å². The van der Waals surface area contributed by atoms with Gasteiger partial charge in [-0.15, -0.1) is 0 Å². The normalized spacial score (nSPS) is 11.3. The molecule has 1 aromatic heterocycles. The zero-order valence-corrected chi connectivity index (χ0v) is 15.0. The average molecular weight is 370 g/mol. The third-order valence-electron chi connectivity index (χ3n) is 3.78. The first kappa shape index (κ1) is 17.9. The molecule has 0 aliphatic heterocycles. The molecule has 3 aromatic rings. The van der Waals surface area contributed by atoms with Gasteiger partial charge >= 0.3 is 0 Å². The molecule has 0 bridgehead atoms. The van der Waals surface area contributed by atoms with E-state index in [0.717, 1.165) is 5.69 Å². The molecule has 0 unspecified atom stereocenters. The van der Waals surface area contributed by atoms with Crippen LogP contribution < -0.4 is 5.32 Å². The summed E-state index contributed by atoms with van der Waals surface area (Å²) in [5.74, 6) is 0.189. The number of carbonyl (C=O) groups excluding carboxylic acids is 1. The third-order valence-corrected chi connectivity index (χ3v) is 5.48. The van der Waals surface area contributed by atoms with Crippen LogP contribution in [0.5, 0.6) is 0 Å². The van der Waals surface area contributed by atoms with Crippen LogP contribution in [0.1, 0.15) is 27.4 Å². The molecule has 0 atom stereocenters. The minimum atomic E-state index is -3.41. The molecule has 1 heterocycles. The molecule has 6 nitrogen and oxygen atoms in total. The maximum atomic E-state index is 12.4. The first-order valence-electron chi connectivity index (χ1n) is 8.01. The molecule has 0 aliphatic carbocycles. The minimum Gasteiger partial charge on any atom is -0.359 e. The van der Waals surface area contributed by atoms with Gasteiger partial charge in [0.05, 0.1) is 22.9 Å². The number of sulfone groups is 1. The first-order valence-corrected chi connectivity index (χ1v) is 9.66. The summed E-state index contributed by atoms with van der Waals surface area (Å²) in [7, 11) is -3.41. The summed E-state index contributed by atoms with van der Waals surface area (Å²) in [6.45, 7) is 2.04. The van der Waals surface area contributed by atoms with Gasteiger partial charge in [0.15, 0.2) is 15.6 Å². The summed E-state index contributed by atoms with van der Waals surface area (Å²) in [4.78, 5) is 12.4. The van der Waals surface area contributed by atoms with Crippen LogP contribution >= 0.6 is 0 Å². The van der Waals surface area contributed by atoms with Crippen molar-refractivity contribution in [1.82, 2.24) is 10.5 Å². The number of nitrogens with zero attached hydrogens (tertiary/aromatic N) is 1. The number of hydrogen-bond acceptors (Lipinski definition) is 5. The second-order valence-corrected chi connectivity index (χ2v) is 7.88. The van der Waals surface area contributed by atoms with Gasteiger partial charge in [0, 0.05) is 11.6 Å². The Morgan fingerprint density at radius 3 is 2.38 bits per heavy atom. The van der Waals surface area contributed by atoms with Crippen LogP contribution in [0.4, 0.5) is 0 Å². The van der Waals surface area contributed by atoms with Gasteiger partial charge in [0.25, 0.3) is 5.91 Å². The number of carbonyl (C=O) groups is 1. The smallest absolute Gasteiger partial charge is 0.251 e. The summed E-state index contributed by atoms with van der Waals surface area (Å²) in [6.07, 6.45) is 0. The molecule has 1 N–H and O–H groups in total. The molecule has 0 radical (unpaired) electrons. The molecule has 7 heteroatoms. The SMILES string of the molecule is Cc1cc(CNC(=O)c2ccc(CS(=O)(=O)c3ccccc3)cc2)on1. The minimum absolute atomic E-state index is 0.115. The van der Waals surface area contributed by atoms with E-state index in [1.54, 1.807) is 67.6 Å². The average Bonchev–Trinajstić information content (AvgIpc) is 3.06. The number of aromatic nitrogens is 1. The maximum absolute atomic E-state index is 12.4. The molecule has 0 spiro atoms. The molecule has 134 valence electrons. The fourth-order valence-electron chi connectivity index (χ4n) is 2.45. The van der Waals surface area contributed by atoms with Crippen molar-refractivity contribution in [2.75, 3.05) is 0 Å². The molecule has 26 heavy (non-hydrogen) atoms. The highest BCUT2D eigenvalue weighted by Gasteiger charge is 2.15. The number of hydrogen-bond donors (Lipinski definition) is 1. The fraction of sp³-hybridized carbons (Fsp3) is 0.158. The Labute approximate surface area is 151 Å². The number of nitrogens with one attached hydrogen (secondary N) is 1. The van der Waals surface area contributed by atoms with Crippen molar-refractivity contribution >= 4 is 15.7 Å². The lowest BCUT2D eigenvalue weighted by Gasteiger charge is -2.06. The van der Waals surface area contributed by atoms with Gasteiger partial charge in [0.2, 0.25) is 0 Å². The summed E-state index contributed by atoms with van der Waals surface area (Å²) < 4.78 is 29.8. The van der Waals surface area contributed by atoms with Crippen LogP contribution in [0.25, 0.3) is 0 Å². The van der Waals surface area contributed by atoms with E-state index in [2.05, 4.69) is 10.5 Å². The van der Waals surface area contributed by atoms with Gasteiger partial charge in [0.1, 0.15) is 0 Å². The van der Waals surface area contributed by atoms with E-state index >= 15 is 0 Å². The van der Waals surface area contributed by atoms with Crippen LogP contribution in [0.3, 0.4) is 0 Å². The molecule has 1 amide bonds. The number of aryl methyl sites for hydroxylation is 1. The Hall–Kier alpha value is -2.93. The fourth-order valence-corrected chi connectivity index (χ4v) is 3.82. The van der Waals surface area contributed by atoms with Crippen molar-refractivity contribution < 1.29 is 17.7 Å². The van der Waals surface area contributed by atoms with Crippen molar-refractivity contribution in [2.24, 2.45) is 0 Å². The van der Waals surface area contributed by atoms with E-state index < -0.39 is 9.84 Å². The van der Waals surface area contributed by atoms with E-state index in [9.17, 15) is 13.2 Å². The number of rotatable bonds is 6. The second kappa shape index (κ2) is 7.53. The summed E-state index contributed by atoms with van der Waals surface area (Å²) >= 11 is 0. The van der Waals surface area contributed by atoms with E-state index in [4.69, 9.17) is 4.52 Å². The second-order valence-electron chi connectivity index (χ2n) is 5.89. The first-order chi connectivity index (χ1) is 12.4. The molecule has 0 saturated carbocycles. The Morgan fingerprint density at radius 2 is 1.77 bits per heavy atom. The highest BCUT2D eigenvalue weighted by atomic mass is 32.2. The van der Waals surface area contributed by atoms with Crippen LogP contribution in [-0.4, -0.2) is 19.5 Å². The lowest BCUT2D eigenvalue weighted by molar-refractivity contribution is 0.0947. The third kappa shape index (κ3) is 4.37. The van der Waals surface area contributed by atoms with Gasteiger partial charge < -0.3 is 9.84 Å². The number of benzene rings is 2. The Bertz CT molecular complexity index is 994. The largest absolute Gasteiger partial charge is 0.359 e.